The molecule has 3 aromatic rings. The Hall–Kier alpha value is -3.15. The maximum atomic E-state index is 12.5. The maximum absolute atomic E-state index is 12.5. The predicted octanol–water partition coefficient (Wildman–Crippen LogP) is 2.98. The number of nitrogens with one attached hydrogen (secondary N) is 2. The number of amides is 1. The van der Waals surface area contributed by atoms with Gasteiger partial charge < -0.3 is 5.32 Å². The minimum Gasteiger partial charge on any atom is -0.349 e. The highest BCUT2D eigenvalue weighted by molar-refractivity contribution is 5.80. The first-order valence-electron chi connectivity index (χ1n) is 9.52. The number of rotatable bonds is 7. The highest BCUT2D eigenvalue weighted by Crippen LogP contribution is 2.21. The van der Waals surface area contributed by atoms with Crippen LogP contribution in [0.5, 0.6) is 0 Å². The molecule has 6 nitrogen and oxygen atoms in total. The molecule has 0 radical (unpaired) electrons. The molecule has 0 aliphatic carbocycles. The molecule has 6 heteroatoms. The highest BCUT2D eigenvalue weighted by Gasteiger charge is 2.16. The molecule has 0 saturated carbocycles. The standard InChI is InChI=1S/C22H25N3O3/c1-15(2)14-19(16-8-4-3-5-9-16)23-20(26)12-13-25-22(28)18-11-7-6-10-17(18)21(27)24-25/h3-11,15,19H,12-14H2,1-2H3,(H,23,26)(H,24,27). The minimum absolute atomic E-state index is 0.0823. The fourth-order valence-corrected chi connectivity index (χ4v) is 3.32. The van der Waals surface area contributed by atoms with E-state index in [-0.39, 0.29) is 36.0 Å². The summed E-state index contributed by atoms with van der Waals surface area (Å²) in [4.78, 5) is 37.2. The van der Waals surface area contributed by atoms with Crippen molar-refractivity contribution in [3.05, 3.63) is 80.9 Å². The van der Waals surface area contributed by atoms with Gasteiger partial charge in [0.1, 0.15) is 0 Å². The molecule has 1 heterocycles. The van der Waals surface area contributed by atoms with E-state index < -0.39 is 0 Å². The van der Waals surface area contributed by atoms with Crippen LogP contribution in [0.1, 0.15) is 38.3 Å². The number of aryl methyl sites for hydroxylation is 1. The van der Waals surface area contributed by atoms with E-state index in [1.54, 1.807) is 24.3 Å². The van der Waals surface area contributed by atoms with Crippen molar-refractivity contribution in [2.45, 2.75) is 39.3 Å². The Kier molecular flexibility index (Phi) is 6.09. The van der Waals surface area contributed by atoms with Crippen molar-refractivity contribution in [3.8, 4) is 0 Å². The number of carbonyl (C=O) groups is 1. The van der Waals surface area contributed by atoms with Crippen LogP contribution in [0.3, 0.4) is 0 Å². The zero-order valence-electron chi connectivity index (χ0n) is 16.1. The number of benzene rings is 2. The molecule has 0 fully saturated rings. The number of hydrogen-bond donors (Lipinski definition) is 2. The lowest BCUT2D eigenvalue weighted by Gasteiger charge is -2.21. The summed E-state index contributed by atoms with van der Waals surface area (Å²) in [6.45, 7) is 4.34. The summed E-state index contributed by atoms with van der Waals surface area (Å²) < 4.78 is 1.21. The second-order valence-electron chi connectivity index (χ2n) is 7.35. The number of carbonyl (C=O) groups excluding carboxylic acids is 1. The normalized spacial score (nSPS) is 12.2. The van der Waals surface area contributed by atoms with Gasteiger partial charge in [0.15, 0.2) is 0 Å². The van der Waals surface area contributed by atoms with Gasteiger partial charge in [-0.25, -0.2) is 4.68 Å². The molecule has 1 aromatic heterocycles. The predicted molar refractivity (Wildman–Crippen MR) is 110 cm³/mol. The SMILES string of the molecule is CC(C)CC(NC(=O)CCn1[nH]c(=O)c2ccccc2c1=O)c1ccccc1. The second kappa shape index (κ2) is 8.69. The molecule has 0 aliphatic heterocycles. The smallest absolute Gasteiger partial charge is 0.273 e. The molecule has 1 amide bonds. The molecule has 2 N–H and O–H groups in total. The van der Waals surface area contributed by atoms with Gasteiger partial charge in [0.2, 0.25) is 5.91 Å². The fraction of sp³-hybridized carbons (Fsp3) is 0.318. The van der Waals surface area contributed by atoms with Gasteiger partial charge in [-0.3, -0.25) is 19.5 Å². The average Bonchev–Trinajstić information content (AvgIpc) is 2.69. The van der Waals surface area contributed by atoms with Crippen LogP contribution in [0.15, 0.2) is 64.2 Å². The van der Waals surface area contributed by atoms with E-state index >= 15 is 0 Å². The third-order valence-electron chi connectivity index (χ3n) is 4.69. The number of hydrogen-bond acceptors (Lipinski definition) is 3. The lowest BCUT2D eigenvalue weighted by molar-refractivity contribution is -0.122. The average molecular weight is 379 g/mol. The van der Waals surface area contributed by atoms with Gasteiger partial charge in [-0.15, -0.1) is 0 Å². The largest absolute Gasteiger partial charge is 0.349 e. The molecule has 28 heavy (non-hydrogen) atoms. The van der Waals surface area contributed by atoms with Crippen LogP contribution in [0.4, 0.5) is 0 Å². The first-order valence-corrected chi connectivity index (χ1v) is 9.52. The lowest BCUT2D eigenvalue weighted by atomic mass is 9.97. The highest BCUT2D eigenvalue weighted by atomic mass is 16.2. The molecule has 0 aliphatic rings. The molecule has 0 saturated heterocycles. The quantitative estimate of drug-likeness (QED) is 0.662. The third-order valence-corrected chi connectivity index (χ3v) is 4.69. The third kappa shape index (κ3) is 4.57. The molecule has 3 rings (SSSR count). The van der Waals surface area contributed by atoms with Crippen molar-refractivity contribution in [2.24, 2.45) is 5.92 Å². The first-order chi connectivity index (χ1) is 13.5. The van der Waals surface area contributed by atoms with Crippen LogP contribution in [0.25, 0.3) is 10.8 Å². The lowest BCUT2D eigenvalue weighted by Crippen LogP contribution is -2.34. The topological polar surface area (TPSA) is 84.0 Å². The van der Waals surface area contributed by atoms with E-state index in [4.69, 9.17) is 0 Å². The molecule has 1 unspecified atom stereocenters. The monoisotopic (exact) mass is 379 g/mol. The van der Waals surface area contributed by atoms with Crippen molar-refractivity contribution in [3.63, 3.8) is 0 Å². The zero-order chi connectivity index (χ0) is 20.1. The van der Waals surface area contributed by atoms with Gasteiger partial charge >= 0.3 is 0 Å². The summed E-state index contributed by atoms with van der Waals surface area (Å²) in [5.41, 5.74) is 0.420. The van der Waals surface area contributed by atoms with Crippen LogP contribution >= 0.6 is 0 Å². The molecule has 2 aromatic carbocycles. The summed E-state index contributed by atoms with van der Waals surface area (Å²) in [5.74, 6) is 0.264. The Morgan fingerprint density at radius 1 is 1.00 bits per heavy atom. The van der Waals surface area contributed by atoms with E-state index in [9.17, 15) is 14.4 Å². The van der Waals surface area contributed by atoms with E-state index in [2.05, 4.69) is 24.3 Å². The van der Waals surface area contributed by atoms with Crippen LogP contribution in [-0.2, 0) is 11.3 Å². The van der Waals surface area contributed by atoms with E-state index in [1.165, 1.54) is 4.68 Å². The number of fused-ring (bicyclic) bond motifs is 1. The Balaban J connectivity index is 1.73. The van der Waals surface area contributed by atoms with Crippen LogP contribution < -0.4 is 16.4 Å². The molecule has 146 valence electrons. The van der Waals surface area contributed by atoms with Gasteiger partial charge in [0.05, 0.1) is 23.4 Å². The molecule has 0 bridgehead atoms. The molecular weight excluding hydrogens is 354 g/mol. The summed E-state index contributed by atoms with van der Waals surface area (Å²) in [6.07, 6.45) is 0.929. The van der Waals surface area contributed by atoms with Crippen molar-refractivity contribution in [1.82, 2.24) is 15.1 Å². The van der Waals surface area contributed by atoms with Crippen molar-refractivity contribution >= 4 is 16.7 Å². The van der Waals surface area contributed by atoms with Crippen LogP contribution in [0, 0.1) is 5.92 Å². The minimum atomic E-state index is -0.336. The summed E-state index contributed by atoms with van der Waals surface area (Å²) in [6, 6.07) is 16.4. The van der Waals surface area contributed by atoms with Crippen molar-refractivity contribution in [2.75, 3.05) is 0 Å². The second-order valence-corrected chi connectivity index (χ2v) is 7.35. The molecular formula is C22H25N3O3. The van der Waals surface area contributed by atoms with E-state index in [0.717, 1.165) is 12.0 Å². The fourth-order valence-electron chi connectivity index (χ4n) is 3.32. The zero-order valence-corrected chi connectivity index (χ0v) is 16.1. The van der Waals surface area contributed by atoms with Crippen LogP contribution in [-0.4, -0.2) is 15.7 Å². The Morgan fingerprint density at radius 3 is 2.32 bits per heavy atom. The van der Waals surface area contributed by atoms with Crippen molar-refractivity contribution < 1.29 is 4.79 Å². The summed E-state index contributed by atoms with van der Waals surface area (Å²) in [7, 11) is 0. The summed E-state index contributed by atoms with van der Waals surface area (Å²) in [5, 5.41) is 6.33. The molecule has 0 spiro atoms. The Bertz CT molecular complexity index is 1070. The van der Waals surface area contributed by atoms with Crippen molar-refractivity contribution in [1.29, 1.82) is 0 Å². The number of H-pyrrole nitrogens is 1. The maximum Gasteiger partial charge on any atom is 0.273 e. The van der Waals surface area contributed by atoms with E-state index in [1.807, 2.05) is 30.3 Å². The van der Waals surface area contributed by atoms with Gasteiger partial charge in [0.25, 0.3) is 11.1 Å². The molecule has 1 atom stereocenters. The number of aromatic nitrogens is 2. The van der Waals surface area contributed by atoms with Gasteiger partial charge in [-0.2, -0.15) is 0 Å². The van der Waals surface area contributed by atoms with Gasteiger partial charge in [-0.05, 0) is 30.0 Å². The van der Waals surface area contributed by atoms with Crippen LogP contribution in [0.2, 0.25) is 0 Å². The number of nitrogens with zero attached hydrogens (tertiary/aromatic N) is 1. The van der Waals surface area contributed by atoms with Gasteiger partial charge in [-0.1, -0.05) is 56.3 Å². The number of aromatic amines is 1. The Labute approximate surface area is 163 Å². The Morgan fingerprint density at radius 2 is 1.64 bits per heavy atom. The first kappa shape index (κ1) is 19.6. The van der Waals surface area contributed by atoms with E-state index in [0.29, 0.717) is 16.7 Å². The summed E-state index contributed by atoms with van der Waals surface area (Å²) >= 11 is 0. The van der Waals surface area contributed by atoms with Gasteiger partial charge in [0, 0.05) is 6.42 Å².